The van der Waals surface area contributed by atoms with Gasteiger partial charge in [0.05, 0.1) is 6.10 Å². The molecular formula is C11H18N2O. The lowest BCUT2D eigenvalue weighted by atomic mass is 10.1. The average molecular weight is 194 g/mol. The molecule has 0 bridgehead atoms. The highest BCUT2D eigenvalue weighted by molar-refractivity contribution is 5.12. The van der Waals surface area contributed by atoms with Crippen molar-refractivity contribution in [3.63, 3.8) is 0 Å². The normalized spacial score (nSPS) is 15.1. The van der Waals surface area contributed by atoms with Crippen LogP contribution in [0, 0.1) is 0 Å². The van der Waals surface area contributed by atoms with Gasteiger partial charge >= 0.3 is 0 Å². The Bertz CT molecular complexity index is 249. The number of aliphatic hydroxyl groups is 1. The molecule has 1 heterocycles. The van der Waals surface area contributed by atoms with Crippen molar-refractivity contribution >= 4 is 0 Å². The molecule has 0 radical (unpaired) electrons. The second-order valence-electron chi connectivity index (χ2n) is 3.60. The summed E-state index contributed by atoms with van der Waals surface area (Å²) in [6, 6.07) is 4.28. The van der Waals surface area contributed by atoms with Crippen LogP contribution in [-0.4, -0.2) is 22.7 Å². The number of hydrogen-bond donors (Lipinski definition) is 2. The van der Waals surface area contributed by atoms with Gasteiger partial charge in [0.1, 0.15) is 0 Å². The molecule has 1 aromatic heterocycles. The quantitative estimate of drug-likeness (QED) is 0.746. The van der Waals surface area contributed by atoms with Gasteiger partial charge in [0.25, 0.3) is 0 Å². The summed E-state index contributed by atoms with van der Waals surface area (Å²) in [4.78, 5) is 4.06. The molecule has 0 spiro atoms. The predicted octanol–water partition coefficient (Wildman–Crippen LogP) is 1.50. The van der Waals surface area contributed by atoms with Crippen molar-refractivity contribution in [1.82, 2.24) is 10.3 Å². The van der Waals surface area contributed by atoms with E-state index in [0.717, 1.165) is 13.0 Å². The third-order valence-electron chi connectivity index (χ3n) is 2.20. The van der Waals surface area contributed by atoms with Crippen molar-refractivity contribution in [2.75, 3.05) is 6.54 Å². The topological polar surface area (TPSA) is 45.1 Å². The highest BCUT2D eigenvalue weighted by Crippen LogP contribution is 2.09. The first-order valence-electron chi connectivity index (χ1n) is 5.01. The number of aromatic nitrogens is 1. The van der Waals surface area contributed by atoms with E-state index in [9.17, 15) is 0 Å². The SMILES string of the molecule is CC(O)CCN[C@@H](C)c1cccnc1. The van der Waals surface area contributed by atoms with Gasteiger partial charge < -0.3 is 10.4 Å². The maximum atomic E-state index is 9.08. The molecule has 1 unspecified atom stereocenters. The molecule has 0 aliphatic rings. The zero-order valence-electron chi connectivity index (χ0n) is 8.77. The van der Waals surface area contributed by atoms with E-state index < -0.39 is 0 Å². The largest absolute Gasteiger partial charge is 0.393 e. The van der Waals surface area contributed by atoms with E-state index in [1.165, 1.54) is 5.56 Å². The van der Waals surface area contributed by atoms with Crippen molar-refractivity contribution in [3.05, 3.63) is 30.1 Å². The molecule has 0 aromatic carbocycles. The Balaban J connectivity index is 2.32. The summed E-state index contributed by atoms with van der Waals surface area (Å²) in [6.07, 6.45) is 4.18. The molecule has 0 saturated heterocycles. The Morgan fingerprint density at radius 1 is 1.50 bits per heavy atom. The first kappa shape index (κ1) is 11.1. The third kappa shape index (κ3) is 3.85. The lowest BCUT2D eigenvalue weighted by molar-refractivity contribution is 0.182. The van der Waals surface area contributed by atoms with Crippen LogP contribution in [0.1, 0.15) is 31.9 Å². The Labute approximate surface area is 85.2 Å². The van der Waals surface area contributed by atoms with Crippen LogP contribution >= 0.6 is 0 Å². The summed E-state index contributed by atoms with van der Waals surface area (Å²) in [6.45, 7) is 4.73. The van der Waals surface area contributed by atoms with E-state index in [4.69, 9.17) is 5.11 Å². The molecule has 0 fully saturated rings. The van der Waals surface area contributed by atoms with Crippen LogP contribution < -0.4 is 5.32 Å². The molecule has 1 aromatic rings. The molecular weight excluding hydrogens is 176 g/mol. The van der Waals surface area contributed by atoms with E-state index >= 15 is 0 Å². The highest BCUT2D eigenvalue weighted by atomic mass is 16.3. The Kier molecular flexibility index (Phi) is 4.56. The number of pyridine rings is 1. The summed E-state index contributed by atoms with van der Waals surface area (Å²) in [5.74, 6) is 0. The van der Waals surface area contributed by atoms with E-state index in [1.807, 2.05) is 18.3 Å². The van der Waals surface area contributed by atoms with E-state index in [1.54, 1.807) is 13.1 Å². The molecule has 3 heteroatoms. The second kappa shape index (κ2) is 5.73. The van der Waals surface area contributed by atoms with Gasteiger partial charge in [-0.15, -0.1) is 0 Å². The Morgan fingerprint density at radius 2 is 2.29 bits per heavy atom. The van der Waals surface area contributed by atoms with Gasteiger partial charge in [-0.2, -0.15) is 0 Å². The van der Waals surface area contributed by atoms with Crippen LogP contribution in [-0.2, 0) is 0 Å². The van der Waals surface area contributed by atoms with Gasteiger partial charge in [-0.3, -0.25) is 4.98 Å². The zero-order chi connectivity index (χ0) is 10.4. The molecule has 2 N–H and O–H groups in total. The minimum atomic E-state index is -0.233. The number of aliphatic hydroxyl groups excluding tert-OH is 1. The van der Waals surface area contributed by atoms with Crippen LogP contribution in [0.5, 0.6) is 0 Å². The number of rotatable bonds is 5. The predicted molar refractivity (Wildman–Crippen MR) is 57.0 cm³/mol. The maximum Gasteiger partial charge on any atom is 0.0524 e. The van der Waals surface area contributed by atoms with E-state index in [0.29, 0.717) is 6.04 Å². The highest BCUT2D eigenvalue weighted by Gasteiger charge is 2.04. The minimum Gasteiger partial charge on any atom is -0.393 e. The Morgan fingerprint density at radius 3 is 2.86 bits per heavy atom. The van der Waals surface area contributed by atoms with Crippen LogP contribution in [0.25, 0.3) is 0 Å². The van der Waals surface area contributed by atoms with Crippen LogP contribution in [0.15, 0.2) is 24.5 Å². The van der Waals surface area contributed by atoms with Crippen molar-refractivity contribution in [1.29, 1.82) is 0 Å². The molecule has 78 valence electrons. The lowest BCUT2D eigenvalue weighted by Crippen LogP contribution is -2.22. The summed E-state index contributed by atoms with van der Waals surface area (Å²) in [5, 5.41) is 12.4. The smallest absolute Gasteiger partial charge is 0.0524 e. The zero-order valence-corrected chi connectivity index (χ0v) is 8.77. The molecule has 1 rings (SSSR count). The monoisotopic (exact) mass is 194 g/mol. The van der Waals surface area contributed by atoms with Crippen LogP contribution in [0.4, 0.5) is 0 Å². The first-order valence-corrected chi connectivity index (χ1v) is 5.01. The summed E-state index contributed by atoms with van der Waals surface area (Å²) < 4.78 is 0. The van der Waals surface area contributed by atoms with Gasteiger partial charge in [0.15, 0.2) is 0 Å². The van der Waals surface area contributed by atoms with E-state index in [-0.39, 0.29) is 6.10 Å². The average Bonchev–Trinajstić information content (AvgIpc) is 2.18. The first-order chi connectivity index (χ1) is 6.70. The molecule has 0 aliphatic heterocycles. The van der Waals surface area contributed by atoms with Crippen LogP contribution in [0.2, 0.25) is 0 Å². The van der Waals surface area contributed by atoms with Gasteiger partial charge in [0, 0.05) is 18.4 Å². The maximum absolute atomic E-state index is 9.08. The van der Waals surface area contributed by atoms with Gasteiger partial charge in [0.2, 0.25) is 0 Å². The summed E-state index contributed by atoms with van der Waals surface area (Å²) in [5.41, 5.74) is 1.18. The number of nitrogens with one attached hydrogen (secondary N) is 1. The molecule has 14 heavy (non-hydrogen) atoms. The molecule has 3 nitrogen and oxygen atoms in total. The van der Waals surface area contributed by atoms with Crippen molar-refractivity contribution < 1.29 is 5.11 Å². The van der Waals surface area contributed by atoms with Crippen molar-refractivity contribution in [2.24, 2.45) is 0 Å². The standard InChI is InChI=1S/C11H18N2O/c1-9(14)5-7-13-10(2)11-4-3-6-12-8-11/h3-4,6,8-10,13-14H,5,7H2,1-2H3/t9?,10-/m0/s1. The molecule has 2 atom stereocenters. The fraction of sp³-hybridized carbons (Fsp3) is 0.545. The fourth-order valence-electron chi connectivity index (χ4n) is 1.26. The number of hydrogen-bond acceptors (Lipinski definition) is 3. The Hall–Kier alpha value is -0.930. The second-order valence-corrected chi connectivity index (χ2v) is 3.60. The van der Waals surface area contributed by atoms with Crippen molar-refractivity contribution in [2.45, 2.75) is 32.4 Å². The summed E-state index contributed by atoms with van der Waals surface area (Å²) in [7, 11) is 0. The third-order valence-corrected chi connectivity index (χ3v) is 2.20. The molecule has 0 amide bonds. The van der Waals surface area contributed by atoms with Gasteiger partial charge in [-0.05, 0) is 38.4 Å². The number of nitrogens with zero attached hydrogens (tertiary/aromatic N) is 1. The lowest BCUT2D eigenvalue weighted by Gasteiger charge is -2.14. The van der Waals surface area contributed by atoms with Crippen molar-refractivity contribution in [3.8, 4) is 0 Å². The van der Waals surface area contributed by atoms with E-state index in [2.05, 4.69) is 17.2 Å². The summed E-state index contributed by atoms with van der Waals surface area (Å²) >= 11 is 0. The van der Waals surface area contributed by atoms with Crippen LogP contribution in [0.3, 0.4) is 0 Å². The van der Waals surface area contributed by atoms with Gasteiger partial charge in [-0.1, -0.05) is 6.07 Å². The molecule has 0 aliphatic carbocycles. The van der Waals surface area contributed by atoms with Gasteiger partial charge in [-0.25, -0.2) is 0 Å². The minimum absolute atomic E-state index is 0.233. The fourth-order valence-corrected chi connectivity index (χ4v) is 1.26. The molecule has 0 saturated carbocycles.